The van der Waals surface area contributed by atoms with Crippen molar-refractivity contribution in [1.82, 2.24) is 30.3 Å². The van der Waals surface area contributed by atoms with E-state index in [2.05, 4.69) is 25.6 Å². The molecule has 152 valence electrons. The van der Waals surface area contributed by atoms with Gasteiger partial charge >= 0.3 is 0 Å². The predicted molar refractivity (Wildman–Crippen MR) is 109 cm³/mol. The minimum Gasteiger partial charge on any atom is -0.347 e. The first kappa shape index (κ1) is 20.2. The number of nitrogens with one attached hydrogen (secondary N) is 2. The maximum Gasteiger partial charge on any atom is 0.289 e. The second-order valence-corrected chi connectivity index (χ2v) is 7.03. The van der Waals surface area contributed by atoms with Crippen molar-refractivity contribution >= 4 is 18.1 Å². The molecule has 0 fully saturated rings. The third-order valence-electron chi connectivity index (χ3n) is 4.51. The highest BCUT2D eigenvalue weighted by Gasteiger charge is 2.16. The summed E-state index contributed by atoms with van der Waals surface area (Å²) in [4.78, 5) is 27.9. The van der Waals surface area contributed by atoms with E-state index < -0.39 is 0 Å². The zero-order chi connectivity index (χ0) is 20.8. The molecule has 2 N–H and O–H groups in total. The number of hydrogen-bond donors (Lipinski definition) is 2. The van der Waals surface area contributed by atoms with Crippen LogP contribution in [0.1, 0.15) is 41.0 Å². The summed E-state index contributed by atoms with van der Waals surface area (Å²) < 4.78 is 1.76. The first-order valence-corrected chi connectivity index (χ1v) is 9.45. The van der Waals surface area contributed by atoms with Gasteiger partial charge in [0.2, 0.25) is 12.2 Å². The Labute approximate surface area is 169 Å². The second-order valence-electron chi connectivity index (χ2n) is 7.03. The molecule has 3 aromatic rings. The summed E-state index contributed by atoms with van der Waals surface area (Å²) in [6, 6.07) is 11.6. The number of carbonyl (C=O) groups excluding carboxylic acids is 2. The molecule has 3 rings (SSSR count). The first-order chi connectivity index (χ1) is 14.0. The number of aromatic amines is 1. The normalized spacial score (nSPS) is 11.8. The molecule has 0 radical (unpaired) electrons. The fraction of sp³-hybridized carbons (Fsp3) is 0.350. The number of rotatable bonds is 9. The Morgan fingerprint density at radius 1 is 1.31 bits per heavy atom. The Morgan fingerprint density at radius 2 is 2.07 bits per heavy atom. The van der Waals surface area contributed by atoms with Gasteiger partial charge in [-0.05, 0) is 25.8 Å². The lowest BCUT2D eigenvalue weighted by atomic mass is 10.1. The molecule has 2 heterocycles. The molecular weight excluding hydrogens is 370 g/mol. The minimum absolute atomic E-state index is 0.107. The molecule has 1 unspecified atom stereocenters. The third kappa shape index (κ3) is 5.28. The molecule has 0 spiro atoms. The number of amides is 2. The molecule has 9 heteroatoms. The zero-order valence-electron chi connectivity index (χ0n) is 16.8. The van der Waals surface area contributed by atoms with Crippen LogP contribution in [0.15, 0.2) is 36.4 Å². The predicted octanol–water partition coefficient (Wildman–Crippen LogP) is 1.70. The molecule has 2 aromatic heterocycles. The van der Waals surface area contributed by atoms with Gasteiger partial charge in [0.25, 0.3) is 5.91 Å². The Balaban J connectivity index is 1.54. The van der Waals surface area contributed by atoms with Crippen molar-refractivity contribution < 1.29 is 9.59 Å². The summed E-state index contributed by atoms with van der Waals surface area (Å²) in [5, 5.41) is 15.3. The van der Waals surface area contributed by atoms with Crippen molar-refractivity contribution in [2.45, 2.75) is 39.3 Å². The molecule has 29 heavy (non-hydrogen) atoms. The molecule has 0 saturated carbocycles. The molecule has 0 bridgehead atoms. The highest BCUT2D eigenvalue weighted by molar-refractivity contribution is 5.90. The van der Waals surface area contributed by atoms with E-state index in [4.69, 9.17) is 0 Å². The summed E-state index contributed by atoms with van der Waals surface area (Å²) in [6.45, 7) is 4.36. The van der Waals surface area contributed by atoms with E-state index in [1.807, 2.05) is 50.2 Å². The molecular formula is C20H25N7O2. The van der Waals surface area contributed by atoms with Gasteiger partial charge in [-0.2, -0.15) is 5.10 Å². The number of nitrogens with zero attached hydrogens (tertiary/aromatic N) is 5. The van der Waals surface area contributed by atoms with Crippen LogP contribution in [-0.2, 0) is 17.8 Å². The number of aromatic nitrogens is 5. The minimum atomic E-state index is -0.300. The first-order valence-electron chi connectivity index (χ1n) is 9.45. The van der Waals surface area contributed by atoms with Crippen molar-refractivity contribution in [3.63, 3.8) is 0 Å². The Morgan fingerprint density at radius 3 is 2.79 bits per heavy atom. The van der Waals surface area contributed by atoms with Crippen LogP contribution in [0.5, 0.6) is 0 Å². The number of benzene rings is 1. The molecule has 1 aromatic carbocycles. The maximum absolute atomic E-state index is 12.4. The van der Waals surface area contributed by atoms with Crippen molar-refractivity contribution in [2.75, 3.05) is 11.9 Å². The van der Waals surface area contributed by atoms with E-state index in [9.17, 15) is 9.59 Å². The summed E-state index contributed by atoms with van der Waals surface area (Å²) in [5.41, 5.74) is 1.92. The largest absolute Gasteiger partial charge is 0.347 e. The lowest BCUT2D eigenvalue weighted by molar-refractivity contribution is -0.107. The smallest absolute Gasteiger partial charge is 0.289 e. The quantitative estimate of drug-likeness (QED) is 0.536. The van der Waals surface area contributed by atoms with Gasteiger partial charge in [0.1, 0.15) is 11.6 Å². The van der Waals surface area contributed by atoms with E-state index >= 15 is 0 Å². The molecule has 0 aliphatic rings. The zero-order valence-corrected chi connectivity index (χ0v) is 16.8. The maximum atomic E-state index is 12.4. The highest BCUT2D eigenvalue weighted by Crippen LogP contribution is 2.14. The van der Waals surface area contributed by atoms with Gasteiger partial charge in [-0.25, -0.2) is 4.68 Å². The average molecular weight is 395 g/mol. The summed E-state index contributed by atoms with van der Waals surface area (Å²) >= 11 is 0. The van der Waals surface area contributed by atoms with Crippen molar-refractivity contribution in [3.8, 4) is 0 Å². The van der Waals surface area contributed by atoms with E-state index in [1.165, 1.54) is 4.90 Å². The van der Waals surface area contributed by atoms with Crippen LogP contribution in [-0.4, -0.2) is 50.4 Å². The monoisotopic (exact) mass is 395 g/mol. The molecule has 0 aliphatic heterocycles. The van der Waals surface area contributed by atoms with Crippen LogP contribution in [0.4, 0.5) is 5.82 Å². The number of carbonyl (C=O) groups is 2. The topological polar surface area (TPSA) is 109 Å². The molecule has 1 atom stereocenters. The van der Waals surface area contributed by atoms with Crippen LogP contribution in [0.25, 0.3) is 0 Å². The van der Waals surface area contributed by atoms with Gasteiger partial charge < -0.3 is 15.2 Å². The number of anilines is 1. The standard InChI is InChI=1S/C20H25N7O2/c1-14(9-10-27-18(26(3)13-28)11-15(2)25-27)21-20(29)19-22-17(23-24-19)12-16-7-5-4-6-8-16/h4-8,11,13-14H,9-10,12H2,1-3H3,(H,21,29)(H,22,23,24). The Hall–Kier alpha value is -3.49. The SMILES string of the molecule is Cc1cc(N(C)C=O)n(CCC(C)NC(=O)c2nnc(Cc3ccccc3)[nH]2)n1. The highest BCUT2D eigenvalue weighted by atomic mass is 16.2. The van der Waals surface area contributed by atoms with Crippen LogP contribution >= 0.6 is 0 Å². The van der Waals surface area contributed by atoms with Gasteiger partial charge in [-0.3, -0.25) is 9.59 Å². The Bertz CT molecular complexity index is 964. The summed E-state index contributed by atoms with van der Waals surface area (Å²) in [7, 11) is 1.68. The fourth-order valence-electron chi connectivity index (χ4n) is 2.98. The van der Waals surface area contributed by atoms with E-state index in [-0.39, 0.29) is 17.8 Å². The summed E-state index contributed by atoms with van der Waals surface area (Å²) in [6.07, 6.45) is 1.98. The van der Waals surface area contributed by atoms with Crippen molar-refractivity contribution in [3.05, 3.63) is 59.3 Å². The van der Waals surface area contributed by atoms with E-state index in [1.54, 1.807) is 11.7 Å². The van der Waals surface area contributed by atoms with Gasteiger partial charge in [0.15, 0.2) is 0 Å². The van der Waals surface area contributed by atoms with Gasteiger partial charge in [0.05, 0.1) is 5.69 Å². The van der Waals surface area contributed by atoms with Crippen LogP contribution < -0.4 is 10.2 Å². The van der Waals surface area contributed by atoms with Crippen molar-refractivity contribution in [2.24, 2.45) is 0 Å². The lowest BCUT2D eigenvalue weighted by Gasteiger charge is -2.16. The fourth-order valence-corrected chi connectivity index (χ4v) is 2.98. The molecule has 0 aliphatic carbocycles. The Kier molecular flexibility index (Phi) is 6.38. The van der Waals surface area contributed by atoms with Gasteiger partial charge in [0, 0.05) is 32.1 Å². The van der Waals surface area contributed by atoms with Gasteiger partial charge in [-0.1, -0.05) is 30.3 Å². The number of hydrogen-bond acceptors (Lipinski definition) is 5. The van der Waals surface area contributed by atoms with Gasteiger partial charge in [-0.15, -0.1) is 10.2 Å². The number of H-pyrrole nitrogens is 1. The summed E-state index contributed by atoms with van der Waals surface area (Å²) in [5.74, 6) is 1.25. The van der Waals surface area contributed by atoms with E-state index in [0.717, 1.165) is 23.5 Å². The molecule has 2 amide bonds. The number of aryl methyl sites for hydroxylation is 2. The lowest BCUT2D eigenvalue weighted by Crippen LogP contribution is -2.34. The molecule has 9 nitrogen and oxygen atoms in total. The van der Waals surface area contributed by atoms with Crippen LogP contribution in [0.3, 0.4) is 0 Å². The molecule has 0 saturated heterocycles. The van der Waals surface area contributed by atoms with E-state index in [0.29, 0.717) is 25.2 Å². The third-order valence-corrected chi connectivity index (χ3v) is 4.51. The second kappa shape index (κ2) is 9.13. The average Bonchev–Trinajstić information content (AvgIpc) is 3.33. The van der Waals surface area contributed by atoms with Crippen LogP contribution in [0, 0.1) is 6.92 Å². The van der Waals surface area contributed by atoms with Crippen LogP contribution in [0.2, 0.25) is 0 Å². The van der Waals surface area contributed by atoms with Crippen molar-refractivity contribution in [1.29, 1.82) is 0 Å².